The van der Waals surface area contributed by atoms with Crippen LogP contribution in [0.3, 0.4) is 0 Å². The molecule has 3 aromatic carbocycles. The Morgan fingerprint density at radius 2 is 1.47 bits per heavy atom. The van der Waals surface area contributed by atoms with Crippen molar-refractivity contribution < 1.29 is 13.2 Å². The summed E-state index contributed by atoms with van der Waals surface area (Å²) in [7, 11) is -2.00. The Hall–Kier alpha value is -3.38. The van der Waals surface area contributed by atoms with E-state index < -0.39 is 10.0 Å². The van der Waals surface area contributed by atoms with Gasteiger partial charge in [-0.3, -0.25) is 9.10 Å². The normalized spacial score (nSPS) is 11.0. The molecule has 0 unspecified atom stereocenters. The molecule has 0 aliphatic heterocycles. The SMILES string of the molecule is C=CCN(c1ccc(C(=O)N(C)Cc2ccccc2)cc1)S(=O)(=O)c1ccccc1. The first-order chi connectivity index (χ1) is 14.4. The third kappa shape index (κ3) is 4.78. The Kier molecular flexibility index (Phi) is 6.69. The summed E-state index contributed by atoms with van der Waals surface area (Å²) in [6.45, 7) is 4.29. The molecule has 3 aromatic rings. The van der Waals surface area contributed by atoms with Gasteiger partial charge in [0, 0.05) is 19.2 Å². The van der Waals surface area contributed by atoms with Crippen molar-refractivity contribution in [2.45, 2.75) is 11.4 Å². The number of sulfonamides is 1. The standard InChI is InChI=1S/C24H24N2O3S/c1-3-18-26(30(28,29)23-12-8-5-9-13-23)22-16-14-21(15-17-22)24(27)25(2)19-20-10-6-4-7-11-20/h3-17H,1,18-19H2,2H3. The van der Waals surface area contributed by atoms with Crippen LogP contribution in [0.25, 0.3) is 0 Å². The van der Waals surface area contributed by atoms with Crippen LogP contribution >= 0.6 is 0 Å². The summed E-state index contributed by atoms with van der Waals surface area (Å²) >= 11 is 0. The second kappa shape index (κ2) is 9.41. The Morgan fingerprint density at radius 1 is 0.900 bits per heavy atom. The van der Waals surface area contributed by atoms with Crippen LogP contribution in [-0.4, -0.2) is 32.8 Å². The van der Waals surface area contributed by atoms with Crippen LogP contribution in [0.5, 0.6) is 0 Å². The monoisotopic (exact) mass is 420 g/mol. The van der Waals surface area contributed by atoms with E-state index in [1.54, 1.807) is 66.5 Å². The number of nitrogens with zero attached hydrogens (tertiary/aromatic N) is 2. The lowest BCUT2D eigenvalue weighted by Gasteiger charge is -2.24. The summed E-state index contributed by atoms with van der Waals surface area (Å²) < 4.78 is 27.4. The van der Waals surface area contributed by atoms with E-state index in [0.717, 1.165) is 5.56 Å². The Morgan fingerprint density at radius 3 is 2.03 bits per heavy atom. The van der Waals surface area contributed by atoms with Gasteiger partial charge in [0.15, 0.2) is 0 Å². The predicted molar refractivity (Wildman–Crippen MR) is 120 cm³/mol. The van der Waals surface area contributed by atoms with Crippen molar-refractivity contribution in [1.29, 1.82) is 0 Å². The Bertz CT molecular complexity index is 1100. The number of rotatable bonds is 8. The summed E-state index contributed by atoms with van der Waals surface area (Å²) in [6, 6.07) is 24.6. The molecule has 0 fully saturated rings. The van der Waals surface area contributed by atoms with E-state index in [4.69, 9.17) is 0 Å². The quantitative estimate of drug-likeness (QED) is 0.510. The number of hydrogen-bond acceptors (Lipinski definition) is 3. The predicted octanol–water partition coefficient (Wildman–Crippen LogP) is 4.34. The van der Waals surface area contributed by atoms with Gasteiger partial charge < -0.3 is 4.90 Å². The molecule has 0 atom stereocenters. The molecule has 0 heterocycles. The first-order valence-electron chi connectivity index (χ1n) is 9.51. The van der Waals surface area contributed by atoms with E-state index >= 15 is 0 Å². The lowest BCUT2D eigenvalue weighted by Crippen LogP contribution is -2.31. The summed E-state index contributed by atoms with van der Waals surface area (Å²) in [5.74, 6) is -0.133. The molecular formula is C24H24N2O3S. The fourth-order valence-electron chi connectivity index (χ4n) is 3.10. The summed E-state index contributed by atoms with van der Waals surface area (Å²) in [5, 5.41) is 0. The van der Waals surface area contributed by atoms with Gasteiger partial charge in [0.05, 0.1) is 17.1 Å². The van der Waals surface area contributed by atoms with Gasteiger partial charge in [0.1, 0.15) is 0 Å². The molecule has 0 bridgehead atoms. The zero-order valence-corrected chi connectivity index (χ0v) is 17.6. The number of amides is 1. The van der Waals surface area contributed by atoms with Crippen molar-refractivity contribution in [1.82, 2.24) is 4.90 Å². The number of hydrogen-bond donors (Lipinski definition) is 0. The van der Waals surface area contributed by atoms with Crippen LogP contribution in [-0.2, 0) is 16.6 Å². The molecule has 0 N–H and O–H groups in total. The molecule has 0 aromatic heterocycles. The first-order valence-corrected chi connectivity index (χ1v) is 11.0. The molecule has 1 amide bonds. The average Bonchev–Trinajstić information content (AvgIpc) is 2.78. The van der Waals surface area contributed by atoms with Gasteiger partial charge >= 0.3 is 0 Å². The van der Waals surface area contributed by atoms with E-state index in [9.17, 15) is 13.2 Å². The molecule has 30 heavy (non-hydrogen) atoms. The molecule has 0 aliphatic carbocycles. The van der Waals surface area contributed by atoms with Crippen molar-refractivity contribution in [3.8, 4) is 0 Å². The molecule has 154 valence electrons. The topological polar surface area (TPSA) is 57.7 Å². The molecule has 5 nitrogen and oxygen atoms in total. The first kappa shape index (κ1) is 21.3. The maximum absolute atomic E-state index is 13.1. The number of benzene rings is 3. The molecule has 0 saturated heterocycles. The summed E-state index contributed by atoms with van der Waals surface area (Å²) in [6.07, 6.45) is 1.53. The lowest BCUT2D eigenvalue weighted by molar-refractivity contribution is 0.0785. The smallest absolute Gasteiger partial charge is 0.264 e. The van der Waals surface area contributed by atoms with Crippen molar-refractivity contribution in [2.75, 3.05) is 17.9 Å². The van der Waals surface area contributed by atoms with Crippen molar-refractivity contribution in [2.24, 2.45) is 0 Å². The van der Waals surface area contributed by atoms with E-state index in [1.165, 1.54) is 10.4 Å². The van der Waals surface area contributed by atoms with Crippen LogP contribution in [0, 0.1) is 0 Å². The Labute approximate surface area is 177 Å². The highest BCUT2D eigenvalue weighted by Crippen LogP contribution is 2.24. The third-order valence-corrected chi connectivity index (χ3v) is 6.45. The van der Waals surface area contributed by atoms with Crippen LogP contribution in [0.1, 0.15) is 15.9 Å². The number of carbonyl (C=O) groups excluding carboxylic acids is 1. The lowest BCUT2D eigenvalue weighted by atomic mass is 10.1. The Balaban J connectivity index is 1.82. The highest BCUT2D eigenvalue weighted by molar-refractivity contribution is 7.92. The van der Waals surface area contributed by atoms with E-state index in [1.807, 2.05) is 30.3 Å². The molecule has 0 radical (unpaired) electrons. The average molecular weight is 421 g/mol. The van der Waals surface area contributed by atoms with Gasteiger partial charge in [-0.15, -0.1) is 6.58 Å². The number of carbonyl (C=O) groups is 1. The third-order valence-electron chi connectivity index (χ3n) is 4.64. The van der Waals surface area contributed by atoms with Crippen LogP contribution in [0.4, 0.5) is 5.69 Å². The number of anilines is 1. The van der Waals surface area contributed by atoms with Gasteiger partial charge in [-0.1, -0.05) is 54.6 Å². The largest absolute Gasteiger partial charge is 0.337 e. The van der Waals surface area contributed by atoms with Gasteiger partial charge in [0.2, 0.25) is 0 Å². The van der Waals surface area contributed by atoms with Gasteiger partial charge in [-0.05, 0) is 42.0 Å². The van der Waals surface area contributed by atoms with Crippen molar-refractivity contribution in [3.63, 3.8) is 0 Å². The molecule has 3 rings (SSSR count). The molecular weight excluding hydrogens is 396 g/mol. The van der Waals surface area contributed by atoms with Crippen LogP contribution < -0.4 is 4.31 Å². The highest BCUT2D eigenvalue weighted by atomic mass is 32.2. The van der Waals surface area contributed by atoms with Crippen molar-refractivity contribution in [3.05, 3.63) is 109 Å². The summed E-state index contributed by atoms with van der Waals surface area (Å²) in [5.41, 5.74) is 2.00. The minimum Gasteiger partial charge on any atom is -0.337 e. The second-order valence-corrected chi connectivity index (χ2v) is 8.69. The maximum Gasteiger partial charge on any atom is 0.264 e. The second-order valence-electron chi connectivity index (χ2n) is 6.83. The van der Waals surface area contributed by atoms with Crippen LogP contribution in [0.15, 0.2) is 102 Å². The highest BCUT2D eigenvalue weighted by Gasteiger charge is 2.24. The fraction of sp³-hybridized carbons (Fsp3) is 0.125. The minimum atomic E-state index is -3.74. The molecule has 6 heteroatoms. The van der Waals surface area contributed by atoms with Gasteiger partial charge in [0.25, 0.3) is 15.9 Å². The van der Waals surface area contributed by atoms with Crippen molar-refractivity contribution >= 4 is 21.6 Å². The maximum atomic E-state index is 13.1. The summed E-state index contributed by atoms with van der Waals surface area (Å²) in [4.78, 5) is 14.6. The minimum absolute atomic E-state index is 0.123. The molecule has 0 spiro atoms. The van der Waals surface area contributed by atoms with E-state index in [-0.39, 0.29) is 17.3 Å². The van der Waals surface area contributed by atoms with E-state index in [0.29, 0.717) is 17.8 Å². The fourth-order valence-corrected chi connectivity index (χ4v) is 4.56. The van der Waals surface area contributed by atoms with Crippen LogP contribution in [0.2, 0.25) is 0 Å². The van der Waals surface area contributed by atoms with Gasteiger partial charge in [-0.25, -0.2) is 8.42 Å². The zero-order valence-electron chi connectivity index (χ0n) is 16.8. The van der Waals surface area contributed by atoms with E-state index in [2.05, 4.69) is 6.58 Å². The molecule has 0 saturated carbocycles. The zero-order chi connectivity index (χ0) is 21.6. The van der Waals surface area contributed by atoms with Gasteiger partial charge in [-0.2, -0.15) is 0 Å². The molecule has 0 aliphatic rings.